The molecule has 0 bridgehead atoms. The van der Waals surface area contributed by atoms with E-state index < -0.39 is 0 Å². The van der Waals surface area contributed by atoms with Gasteiger partial charge >= 0.3 is 0 Å². The molecule has 14 heavy (non-hydrogen) atoms. The molecule has 2 heteroatoms. The van der Waals surface area contributed by atoms with Gasteiger partial charge in [0.2, 0.25) is 0 Å². The third-order valence-corrected chi connectivity index (χ3v) is 4.17. The van der Waals surface area contributed by atoms with Crippen LogP contribution in [0, 0.1) is 12.8 Å². The van der Waals surface area contributed by atoms with Gasteiger partial charge in [0, 0.05) is 0 Å². The summed E-state index contributed by atoms with van der Waals surface area (Å²) >= 11 is 1.69. The molecule has 2 rings (SSSR count). The van der Waals surface area contributed by atoms with Gasteiger partial charge < -0.3 is 5.11 Å². The Hall–Kier alpha value is -0.340. The molecule has 1 heterocycles. The Kier molecular flexibility index (Phi) is 3.24. The summed E-state index contributed by atoms with van der Waals surface area (Å²) in [5, 5.41) is 14.3. The summed E-state index contributed by atoms with van der Waals surface area (Å²) in [6.07, 6.45) is 6.11. The molecule has 1 aromatic heterocycles. The maximum atomic E-state index is 10.1. The SMILES string of the molecule is Cc1cscc1C(O)CC1CCCC1. The largest absolute Gasteiger partial charge is 0.388 e. The van der Waals surface area contributed by atoms with Crippen molar-refractivity contribution >= 4 is 11.3 Å². The minimum Gasteiger partial charge on any atom is -0.388 e. The van der Waals surface area contributed by atoms with Crippen LogP contribution in [-0.4, -0.2) is 5.11 Å². The number of aliphatic hydroxyl groups excluding tert-OH is 1. The normalized spacial score (nSPS) is 20.1. The zero-order valence-electron chi connectivity index (χ0n) is 8.70. The van der Waals surface area contributed by atoms with E-state index in [4.69, 9.17) is 0 Å². The predicted octanol–water partition coefficient (Wildman–Crippen LogP) is 3.67. The first-order valence-corrected chi connectivity index (χ1v) is 6.42. The molecule has 1 unspecified atom stereocenters. The van der Waals surface area contributed by atoms with E-state index in [1.165, 1.54) is 31.2 Å². The van der Waals surface area contributed by atoms with E-state index in [9.17, 15) is 5.11 Å². The van der Waals surface area contributed by atoms with E-state index in [2.05, 4.69) is 17.7 Å². The van der Waals surface area contributed by atoms with Crippen molar-refractivity contribution in [3.63, 3.8) is 0 Å². The number of aliphatic hydroxyl groups is 1. The fraction of sp³-hybridized carbons (Fsp3) is 0.667. The van der Waals surface area contributed by atoms with Crippen LogP contribution < -0.4 is 0 Å². The van der Waals surface area contributed by atoms with E-state index in [0.717, 1.165) is 17.9 Å². The van der Waals surface area contributed by atoms with Gasteiger partial charge in [0.25, 0.3) is 0 Å². The van der Waals surface area contributed by atoms with Gasteiger partial charge in [-0.25, -0.2) is 0 Å². The van der Waals surface area contributed by atoms with Crippen LogP contribution in [0.1, 0.15) is 49.3 Å². The molecule has 0 saturated heterocycles. The highest BCUT2D eigenvalue weighted by Gasteiger charge is 2.20. The molecule has 1 nitrogen and oxygen atoms in total. The standard InChI is InChI=1S/C12H18OS/c1-9-7-14-8-11(9)12(13)6-10-4-2-3-5-10/h7-8,10,12-13H,2-6H2,1H3. The third kappa shape index (κ3) is 2.18. The maximum Gasteiger partial charge on any atom is 0.0803 e. The van der Waals surface area contributed by atoms with Crippen molar-refractivity contribution in [1.82, 2.24) is 0 Å². The summed E-state index contributed by atoms with van der Waals surface area (Å²) in [5.74, 6) is 0.768. The average Bonchev–Trinajstić information content (AvgIpc) is 2.75. The zero-order chi connectivity index (χ0) is 9.97. The van der Waals surface area contributed by atoms with Gasteiger partial charge in [-0.1, -0.05) is 25.7 Å². The molecule has 0 radical (unpaired) electrons. The van der Waals surface area contributed by atoms with Crippen LogP contribution in [0.5, 0.6) is 0 Å². The highest BCUT2D eigenvalue weighted by molar-refractivity contribution is 7.08. The molecular weight excluding hydrogens is 192 g/mol. The number of hydrogen-bond donors (Lipinski definition) is 1. The second-order valence-corrected chi connectivity index (χ2v) is 5.16. The Morgan fingerprint density at radius 2 is 2.14 bits per heavy atom. The number of hydrogen-bond acceptors (Lipinski definition) is 2. The second kappa shape index (κ2) is 4.45. The fourth-order valence-corrected chi connectivity index (χ4v) is 3.30. The van der Waals surface area contributed by atoms with E-state index >= 15 is 0 Å². The van der Waals surface area contributed by atoms with Gasteiger partial charge in [-0.2, -0.15) is 11.3 Å². The van der Waals surface area contributed by atoms with Gasteiger partial charge in [0.05, 0.1) is 6.10 Å². The van der Waals surface area contributed by atoms with Crippen molar-refractivity contribution in [2.24, 2.45) is 5.92 Å². The van der Waals surface area contributed by atoms with E-state index in [1.807, 2.05) is 0 Å². The highest BCUT2D eigenvalue weighted by atomic mass is 32.1. The molecule has 1 N–H and O–H groups in total. The van der Waals surface area contributed by atoms with Crippen molar-refractivity contribution in [2.45, 2.75) is 45.1 Å². The van der Waals surface area contributed by atoms with Crippen LogP contribution in [0.15, 0.2) is 10.8 Å². The van der Waals surface area contributed by atoms with Crippen LogP contribution in [-0.2, 0) is 0 Å². The zero-order valence-corrected chi connectivity index (χ0v) is 9.52. The molecule has 1 fully saturated rings. The first-order chi connectivity index (χ1) is 6.77. The van der Waals surface area contributed by atoms with Gasteiger partial charge in [-0.15, -0.1) is 0 Å². The monoisotopic (exact) mass is 210 g/mol. The van der Waals surface area contributed by atoms with Crippen LogP contribution in [0.2, 0.25) is 0 Å². The van der Waals surface area contributed by atoms with Gasteiger partial charge in [0.1, 0.15) is 0 Å². The molecule has 0 aromatic carbocycles. The molecular formula is C12H18OS. The molecule has 0 amide bonds. The summed E-state index contributed by atoms with van der Waals surface area (Å²) in [5.41, 5.74) is 2.40. The van der Waals surface area contributed by atoms with Crippen LogP contribution in [0.25, 0.3) is 0 Å². The van der Waals surface area contributed by atoms with Crippen LogP contribution in [0.3, 0.4) is 0 Å². The van der Waals surface area contributed by atoms with Crippen molar-refractivity contribution in [3.8, 4) is 0 Å². The minimum absolute atomic E-state index is 0.218. The fourth-order valence-electron chi connectivity index (χ4n) is 2.40. The summed E-state index contributed by atoms with van der Waals surface area (Å²) < 4.78 is 0. The maximum absolute atomic E-state index is 10.1. The summed E-state index contributed by atoms with van der Waals surface area (Å²) in [6.45, 7) is 2.09. The molecule has 1 saturated carbocycles. The number of thiophene rings is 1. The second-order valence-electron chi connectivity index (χ2n) is 4.41. The summed E-state index contributed by atoms with van der Waals surface area (Å²) in [4.78, 5) is 0. The molecule has 1 aliphatic carbocycles. The lowest BCUT2D eigenvalue weighted by Crippen LogP contribution is -2.04. The topological polar surface area (TPSA) is 20.2 Å². The van der Waals surface area contributed by atoms with Crippen molar-refractivity contribution in [1.29, 1.82) is 0 Å². The first kappa shape index (κ1) is 10.2. The Morgan fingerprint density at radius 1 is 1.43 bits per heavy atom. The molecule has 0 spiro atoms. The first-order valence-electron chi connectivity index (χ1n) is 5.48. The van der Waals surface area contributed by atoms with E-state index in [1.54, 1.807) is 11.3 Å². The third-order valence-electron chi connectivity index (χ3n) is 3.29. The predicted molar refractivity (Wildman–Crippen MR) is 60.6 cm³/mol. The Morgan fingerprint density at radius 3 is 2.71 bits per heavy atom. The van der Waals surface area contributed by atoms with Gasteiger partial charge in [-0.3, -0.25) is 0 Å². The minimum atomic E-state index is -0.218. The number of aryl methyl sites for hydroxylation is 1. The van der Waals surface area contributed by atoms with Crippen molar-refractivity contribution < 1.29 is 5.11 Å². The average molecular weight is 210 g/mol. The Bertz CT molecular complexity index is 286. The highest BCUT2D eigenvalue weighted by Crippen LogP contribution is 2.34. The summed E-state index contributed by atoms with van der Waals surface area (Å²) in [6, 6.07) is 0. The van der Waals surface area contributed by atoms with Gasteiger partial charge in [0.15, 0.2) is 0 Å². The molecule has 0 aliphatic heterocycles. The number of rotatable bonds is 3. The smallest absolute Gasteiger partial charge is 0.0803 e. The molecule has 1 aromatic rings. The van der Waals surface area contributed by atoms with Crippen LogP contribution >= 0.6 is 11.3 Å². The molecule has 1 atom stereocenters. The molecule has 78 valence electrons. The van der Waals surface area contributed by atoms with Gasteiger partial charge in [-0.05, 0) is 41.1 Å². The van der Waals surface area contributed by atoms with Crippen molar-refractivity contribution in [3.05, 3.63) is 21.9 Å². The lowest BCUT2D eigenvalue weighted by molar-refractivity contribution is 0.144. The lowest BCUT2D eigenvalue weighted by atomic mass is 9.96. The van der Waals surface area contributed by atoms with E-state index in [0.29, 0.717) is 0 Å². The van der Waals surface area contributed by atoms with E-state index in [-0.39, 0.29) is 6.10 Å². The molecule has 1 aliphatic rings. The summed E-state index contributed by atoms with van der Waals surface area (Å²) in [7, 11) is 0. The van der Waals surface area contributed by atoms with Crippen LogP contribution in [0.4, 0.5) is 0 Å². The van der Waals surface area contributed by atoms with Crippen molar-refractivity contribution in [2.75, 3.05) is 0 Å². The quantitative estimate of drug-likeness (QED) is 0.807. The Labute approximate surface area is 89.8 Å². The lowest BCUT2D eigenvalue weighted by Gasteiger charge is -2.15. The Balaban J connectivity index is 1.95.